The number of likely N-dealkylation sites (tertiary alicyclic amines) is 1. The molecule has 23 nitrogen and oxygen atoms in total. The second kappa shape index (κ2) is 32.9. The van der Waals surface area contributed by atoms with Gasteiger partial charge in [-0.3, -0.25) is 19.3 Å². The first-order valence-electron chi connectivity index (χ1n) is 36.0. The van der Waals surface area contributed by atoms with E-state index < -0.39 is 0 Å². The van der Waals surface area contributed by atoms with Crippen LogP contribution < -0.4 is 45.6 Å². The Hall–Kier alpha value is -11.0. The Morgan fingerprint density at radius 2 is 1.44 bits per heavy atom. The maximum Gasteiger partial charge on any atom is 0.321 e. The van der Waals surface area contributed by atoms with E-state index in [-0.39, 0.29) is 41.0 Å². The van der Waals surface area contributed by atoms with Gasteiger partial charge in [-0.05, 0) is 168 Å². The molecule has 2 fully saturated rings. The summed E-state index contributed by atoms with van der Waals surface area (Å²) in [5, 5.41) is 18.6. The summed E-state index contributed by atoms with van der Waals surface area (Å²) in [4.78, 5) is 74.3. The zero-order chi connectivity index (χ0) is 73.1. The van der Waals surface area contributed by atoms with E-state index in [4.69, 9.17) is 23.9 Å². The highest BCUT2D eigenvalue weighted by Crippen LogP contribution is 2.43. The quantitative estimate of drug-likeness (QED) is 0.0586. The maximum atomic E-state index is 13.0. The number of ether oxygens (including phenoxy) is 4. The molecule has 15 rings (SSSR count). The minimum Gasteiger partial charge on any atom is -0.493 e. The fourth-order valence-corrected chi connectivity index (χ4v) is 14.6. The van der Waals surface area contributed by atoms with Gasteiger partial charge in [0.2, 0.25) is 0 Å². The fraction of sp³-hybridized carbons (Fsp3) is 0.388. The van der Waals surface area contributed by atoms with Crippen LogP contribution in [-0.4, -0.2) is 138 Å². The summed E-state index contributed by atoms with van der Waals surface area (Å²) < 4.78 is 38.3. The molecular formula is C80H93FN16O7. The van der Waals surface area contributed by atoms with Crippen molar-refractivity contribution in [2.75, 3.05) is 76.7 Å². The second-order valence-electron chi connectivity index (χ2n) is 27.0. The molecule has 0 spiro atoms. The van der Waals surface area contributed by atoms with Gasteiger partial charge in [0.05, 0.1) is 64.5 Å². The fourth-order valence-electron chi connectivity index (χ4n) is 14.6. The summed E-state index contributed by atoms with van der Waals surface area (Å²) in [5.41, 5.74) is 15.1. The number of urea groups is 1. The van der Waals surface area contributed by atoms with Crippen LogP contribution in [0.25, 0.3) is 43.7 Å². The molecule has 8 heterocycles. The van der Waals surface area contributed by atoms with Gasteiger partial charge in [0.1, 0.15) is 52.1 Å². The number of carbonyl (C=O) groups excluding carboxylic acids is 1. The number of hydrogen-bond acceptors (Lipinski definition) is 17. The normalized spacial score (nSPS) is 15.2. The molecule has 1 saturated heterocycles. The number of aliphatic imine (C=N–C) groups is 1. The Morgan fingerprint density at radius 3 is 2.11 bits per heavy atom. The molecule has 0 radical (unpaired) electrons. The molecule has 2 amide bonds. The molecule has 0 bridgehead atoms. The number of rotatable bonds is 19. The van der Waals surface area contributed by atoms with Crippen molar-refractivity contribution in [3.8, 4) is 23.0 Å². The van der Waals surface area contributed by atoms with E-state index in [9.17, 15) is 18.8 Å². The number of allylic oxidation sites excluding steroid dienone is 1. The van der Waals surface area contributed by atoms with E-state index >= 15 is 0 Å². The summed E-state index contributed by atoms with van der Waals surface area (Å²) in [6.07, 6.45) is 18.4. The second-order valence-corrected chi connectivity index (χ2v) is 27.0. The third-order valence-corrected chi connectivity index (χ3v) is 19.9. The number of H-pyrrole nitrogens is 2. The van der Waals surface area contributed by atoms with Crippen LogP contribution >= 0.6 is 0 Å². The van der Waals surface area contributed by atoms with Gasteiger partial charge < -0.3 is 49.3 Å². The summed E-state index contributed by atoms with van der Waals surface area (Å²) in [6, 6.07) is 31.1. The number of amides is 2. The molecule has 2 atom stereocenters. The monoisotopic (exact) mass is 1410 g/mol. The van der Waals surface area contributed by atoms with Crippen molar-refractivity contribution < 1.29 is 28.1 Å². The minimum atomic E-state index is -0.352. The number of anilines is 3. The average molecular weight is 1410 g/mol. The molecule has 6 aromatic heterocycles. The number of nitrogens with one attached hydrogen (secondary N) is 4. The molecule has 11 aromatic rings. The molecule has 1 saturated carbocycles. The van der Waals surface area contributed by atoms with Gasteiger partial charge in [-0.25, -0.2) is 38.8 Å². The third-order valence-electron chi connectivity index (χ3n) is 19.9. The van der Waals surface area contributed by atoms with E-state index in [0.717, 1.165) is 120 Å². The predicted molar refractivity (Wildman–Crippen MR) is 409 cm³/mol. The Kier molecular flexibility index (Phi) is 23.0. The van der Waals surface area contributed by atoms with Crippen molar-refractivity contribution in [1.29, 1.82) is 0 Å². The summed E-state index contributed by atoms with van der Waals surface area (Å²) in [5.74, 6) is 3.95. The van der Waals surface area contributed by atoms with Crippen molar-refractivity contribution in [3.63, 3.8) is 0 Å². The lowest BCUT2D eigenvalue weighted by Crippen LogP contribution is -2.51. The van der Waals surface area contributed by atoms with Gasteiger partial charge in [0.15, 0.2) is 28.6 Å². The molecule has 5 aromatic carbocycles. The van der Waals surface area contributed by atoms with Crippen LogP contribution in [0.1, 0.15) is 149 Å². The Balaban J connectivity index is 0.000000131. The zero-order valence-corrected chi connectivity index (χ0v) is 61.3. The summed E-state index contributed by atoms with van der Waals surface area (Å²) in [6.45, 7) is 16.5. The zero-order valence-electron chi connectivity index (χ0n) is 61.3. The smallest absolute Gasteiger partial charge is 0.321 e. The Labute approximate surface area is 604 Å². The number of pyridine rings is 1. The number of methoxy groups -OCH3 is 4. The van der Waals surface area contributed by atoms with Crippen LogP contribution in [0.2, 0.25) is 0 Å². The number of fused-ring (bicyclic) bond motifs is 5. The van der Waals surface area contributed by atoms with Gasteiger partial charge >= 0.3 is 6.03 Å². The Bertz CT molecular complexity index is 5050. The van der Waals surface area contributed by atoms with Crippen LogP contribution in [0.5, 0.6) is 23.0 Å². The molecule has 542 valence electrons. The number of halogens is 1. The van der Waals surface area contributed by atoms with Gasteiger partial charge in [0.25, 0.3) is 11.1 Å². The largest absolute Gasteiger partial charge is 0.493 e. The van der Waals surface area contributed by atoms with Crippen molar-refractivity contribution in [3.05, 3.63) is 199 Å². The number of benzene rings is 5. The number of aryl methyl sites for hydroxylation is 4. The van der Waals surface area contributed by atoms with Crippen LogP contribution in [0.15, 0.2) is 142 Å². The van der Waals surface area contributed by atoms with Gasteiger partial charge in [-0.15, -0.1) is 0 Å². The van der Waals surface area contributed by atoms with Crippen LogP contribution in [0.4, 0.5) is 26.4 Å². The topological polar surface area (TPSA) is 263 Å². The number of nitrogens with zero attached hydrogens (tertiary/aromatic N) is 12. The minimum absolute atomic E-state index is 0.0317. The van der Waals surface area contributed by atoms with Crippen molar-refractivity contribution >= 4 is 72.7 Å². The van der Waals surface area contributed by atoms with Gasteiger partial charge in [-0.2, -0.15) is 10.2 Å². The van der Waals surface area contributed by atoms with Crippen molar-refractivity contribution in [2.45, 2.75) is 136 Å². The lowest BCUT2D eigenvalue weighted by molar-refractivity contribution is 0.161. The first kappa shape index (κ1) is 72.7. The first-order valence-corrected chi connectivity index (χ1v) is 36.0. The highest BCUT2D eigenvalue weighted by atomic mass is 19.1. The standard InChI is InChI=1S/C21H23FN6O2.C21H28N4O.C20H20N2O2.C18H22N4O2/c22-14-6-8-15(9-7-14)24-21(30)27-11-13(12-27)18-25-19-17(20(29)26-18)10-23-28(19)16-4-2-1-3-5-16;1-5-8-19-18-14-16(22-21(26)20(18)24(4)23-19)13-15-9-11-17(12-10-15)25(6-2)7-3;1-12-4-5-13-6-7-14(16(13)10-12)18-15-8-9-17(23-2)20(24-3)19(15)22-11-21-18;1-11-7-13(9-19-11)8-12(2)22-18-14-5-6-15(23-3)17(24-4)16(14)20-10-21-18/h6-10,13,16H,1-5,11-12H2,(H,24,30)(H,25,26,29);9-12,14H,5-8,13H2,1-4H3,(H,22,26);4-5,8-11,14H,6-7H2,1-3H3;5-7,10,12H,8-9H2,1-4H3,(H,20,21,22). The van der Waals surface area contributed by atoms with Crippen molar-refractivity contribution in [2.24, 2.45) is 12.0 Å². The molecule has 4 aliphatic rings. The van der Waals surface area contributed by atoms with Gasteiger partial charge in [-0.1, -0.05) is 68.5 Å². The third kappa shape index (κ3) is 16.1. The van der Waals surface area contributed by atoms with Crippen LogP contribution in [0.3, 0.4) is 0 Å². The first-order chi connectivity index (χ1) is 50.5. The molecule has 104 heavy (non-hydrogen) atoms. The van der Waals surface area contributed by atoms with E-state index in [1.54, 1.807) is 56.9 Å². The lowest BCUT2D eigenvalue weighted by Gasteiger charge is -2.38. The van der Waals surface area contributed by atoms with Crippen LogP contribution in [-0.2, 0) is 26.3 Å². The number of aromatic nitrogens is 11. The number of hydrogen-bond donors (Lipinski definition) is 4. The summed E-state index contributed by atoms with van der Waals surface area (Å²) in [7, 11) is 8.35. The van der Waals surface area contributed by atoms with E-state index in [1.807, 2.05) is 42.9 Å². The Morgan fingerprint density at radius 1 is 0.750 bits per heavy atom. The molecular weight excluding hydrogens is 1320 g/mol. The summed E-state index contributed by atoms with van der Waals surface area (Å²) >= 11 is 0. The van der Waals surface area contributed by atoms with E-state index in [1.165, 1.54) is 77.0 Å². The lowest BCUT2D eigenvalue weighted by atomic mass is 9.93. The highest BCUT2D eigenvalue weighted by Gasteiger charge is 2.35. The van der Waals surface area contributed by atoms with Crippen LogP contribution in [0, 0.1) is 12.7 Å². The van der Waals surface area contributed by atoms with E-state index in [2.05, 4.69) is 150 Å². The van der Waals surface area contributed by atoms with E-state index in [0.29, 0.717) is 76.5 Å². The SMILES string of the molecule is CCCc1nn(C)c2c(=O)[nH]c(Cc3ccc(N(CC)CC)cc3)cc12.COc1ccc2c(C3CCc4ccc(C)cc43)ncnc2c1OC.COc1ccc2c(NC(C)CC3=CC(C)=NC3)ncnc2c1OC.O=C(Nc1ccc(F)cc1)N1CC(c2nc3c(cnn3C3CCCCC3)c(=O)[nH]2)C1. The molecule has 2 unspecified atom stereocenters. The maximum absolute atomic E-state index is 13.0. The molecule has 4 N–H and O–H groups in total. The average Bonchev–Trinajstić information content (AvgIpc) is 1.49. The van der Waals surface area contributed by atoms with Gasteiger partial charge in [0, 0.05) is 90.5 Å². The highest BCUT2D eigenvalue weighted by molar-refractivity contribution is 5.96. The number of carbonyl (C=O) groups is 1. The molecule has 24 heteroatoms. The molecule has 2 aliphatic carbocycles. The predicted octanol–water partition coefficient (Wildman–Crippen LogP) is 14.3. The van der Waals surface area contributed by atoms with Crippen molar-refractivity contribution in [1.82, 2.24) is 59.3 Å². The molecule has 2 aliphatic heterocycles. The number of aromatic amines is 2.